The van der Waals surface area contributed by atoms with E-state index < -0.39 is 0 Å². The highest BCUT2D eigenvalue weighted by Gasteiger charge is 2.15. The average Bonchev–Trinajstić information content (AvgIpc) is 3.04. The first-order valence-electron chi connectivity index (χ1n) is 7.31. The standard InChI is InChI=1S/C16H20N2OS2/c1-4-5-11(9-17-3)19-13-8-14-15(18-10(2)21-14)16-12(13)6-7-20-16/h6-8,11,17H,4-5,9H2,1-3H3. The second-order valence-corrected chi connectivity index (χ2v) is 7.35. The Balaban J connectivity index is 2.05. The molecular formula is C16H20N2OS2. The molecule has 0 bridgehead atoms. The van der Waals surface area contributed by atoms with Crippen molar-refractivity contribution in [1.29, 1.82) is 0 Å². The van der Waals surface area contributed by atoms with Crippen LogP contribution in [0.4, 0.5) is 0 Å². The molecule has 2 heterocycles. The number of aromatic nitrogens is 1. The van der Waals surface area contributed by atoms with Crippen molar-refractivity contribution in [3.05, 3.63) is 22.5 Å². The topological polar surface area (TPSA) is 34.1 Å². The summed E-state index contributed by atoms with van der Waals surface area (Å²) in [5.74, 6) is 0.996. The van der Waals surface area contributed by atoms with E-state index in [9.17, 15) is 0 Å². The summed E-state index contributed by atoms with van der Waals surface area (Å²) in [6, 6.07) is 4.30. The normalized spacial score (nSPS) is 13.1. The van der Waals surface area contributed by atoms with Crippen molar-refractivity contribution < 1.29 is 4.74 Å². The van der Waals surface area contributed by atoms with Gasteiger partial charge in [0.2, 0.25) is 0 Å². The van der Waals surface area contributed by atoms with Gasteiger partial charge in [-0.05, 0) is 31.8 Å². The minimum absolute atomic E-state index is 0.217. The maximum atomic E-state index is 6.31. The molecule has 0 fully saturated rings. The number of likely N-dealkylation sites (N-methyl/N-ethyl adjacent to an activating group) is 1. The van der Waals surface area contributed by atoms with Crippen molar-refractivity contribution in [3.8, 4) is 5.75 Å². The lowest BCUT2D eigenvalue weighted by Crippen LogP contribution is -2.29. The Kier molecular flexibility index (Phi) is 4.42. The Hall–Kier alpha value is -1.17. The molecule has 0 aliphatic carbocycles. The third-order valence-corrected chi connectivity index (χ3v) is 5.34. The quantitative estimate of drug-likeness (QED) is 0.721. The van der Waals surface area contributed by atoms with Gasteiger partial charge in [-0.3, -0.25) is 0 Å². The van der Waals surface area contributed by atoms with E-state index >= 15 is 0 Å². The third kappa shape index (κ3) is 2.91. The summed E-state index contributed by atoms with van der Waals surface area (Å²) in [5.41, 5.74) is 1.12. The summed E-state index contributed by atoms with van der Waals surface area (Å²) in [6.07, 6.45) is 2.40. The highest BCUT2D eigenvalue weighted by molar-refractivity contribution is 7.21. The molecule has 0 spiro atoms. The van der Waals surface area contributed by atoms with Crippen molar-refractivity contribution in [1.82, 2.24) is 10.3 Å². The summed E-state index contributed by atoms with van der Waals surface area (Å²) < 4.78 is 8.77. The summed E-state index contributed by atoms with van der Waals surface area (Å²) in [7, 11) is 1.97. The lowest BCUT2D eigenvalue weighted by molar-refractivity contribution is 0.192. The van der Waals surface area contributed by atoms with Gasteiger partial charge in [-0.25, -0.2) is 4.98 Å². The molecule has 0 aliphatic heterocycles. The highest BCUT2D eigenvalue weighted by Crippen LogP contribution is 2.39. The van der Waals surface area contributed by atoms with Gasteiger partial charge in [0.1, 0.15) is 11.9 Å². The number of hydrogen-bond acceptors (Lipinski definition) is 5. The number of nitrogens with one attached hydrogen (secondary N) is 1. The van der Waals surface area contributed by atoms with Gasteiger partial charge in [-0.1, -0.05) is 13.3 Å². The van der Waals surface area contributed by atoms with Gasteiger partial charge < -0.3 is 10.1 Å². The first-order chi connectivity index (χ1) is 10.2. The molecule has 1 aromatic carbocycles. The van der Waals surface area contributed by atoms with E-state index in [0.717, 1.165) is 35.7 Å². The Morgan fingerprint density at radius 2 is 2.29 bits per heavy atom. The SMILES string of the molecule is CCCC(CNC)Oc1cc2sc(C)nc2c2sccc12. The van der Waals surface area contributed by atoms with Gasteiger partial charge in [-0.15, -0.1) is 22.7 Å². The first kappa shape index (κ1) is 14.8. The molecule has 0 radical (unpaired) electrons. The Bertz CT molecular complexity index is 741. The summed E-state index contributed by atoms with van der Waals surface area (Å²) in [5, 5.41) is 7.65. The summed E-state index contributed by atoms with van der Waals surface area (Å²) in [6.45, 7) is 5.13. The van der Waals surface area contributed by atoms with Gasteiger partial charge in [0.15, 0.2) is 0 Å². The number of thiazole rings is 1. The monoisotopic (exact) mass is 320 g/mol. The smallest absolute Gasteiger partial charge is 0.130 e. The summed E-state index contributed by atoms with van der Waals surface area (Å²) >= 11 is 3.48. The third-order valence-electron chi connectivity index (χ3n) is 3.50. The molecule has 1 atom stereocenters. The van der Waals surface area contributed by atoms with Crippen LogP contribution in [0.1, 0.15) is 24.8 Å². The van der Waals surface area contributed by atoms with E-state index in [2.05, 4.69) is 41.7 Å². The van der Waals surface area contributed by atoms with Gasteiger partial charge in [0.25, 0.3) is 0 Å². The van der Waals surface area contributed by atoms with Crippen molar-refractivity contribution in [2.45, 2.75) is 32.8 Å². The van der Waals surface area contributed by atoms with Crippen LogP contribution in [0.3, 0.4) is 0 Å². The predicted molar refractivity (Wildman–Crippen MR) is 93.0 cm³/mol. The largest absolute Gasteiger partial charge is 0.488 e. The van der Waals surface area contributed by atoms with Gasteiger partial charge >= 0.3 is 0 Å². The number of ether oxygens (including phenoxy) is 1. The zero-order chi connectivity index (χ0) is 14.8. The zero-order valence-corrected chi connectivity index (χ0v) is 14.2. The number of fused-ring (bicyclic) bond motifs is 3. The second-order valence-electron chi connectivity index (χ2n) is 5.20. The van der Waals surface area contributed by atoms with Crippen LogP contribution in [0.15, 0.2) is 17.5 Å². The zero-order valence-electron chi connectivity index (χ0n) is 12.6. The van der Waals surface area contributed by atoms with Crippen LogP contribution in [0.25, 0.3) is 20.3 Å². The molecule has 3 rings (SSSR count). The van der Waals surface area contributed by atoms with E-state index in [-0.39, 0.29) is 6.10 Å². The van der Waals surface area contributed by atoms with E-state index in [4.69, 9.17) is 4.74 Å². The fraction of sp³-hybridized carbons (Fsp3) is 0.438. The molecule has 112 valence electrons. The van der Waals surface area contributed by atoms with Gasteiger partial charge in [0, 0.05) is 18.0 Å². The average molecular weight is 320 g/mol. The molecule has 5 heteroatoms. The van der Waals surface area contributed by atoms with E-state index in [1.165, 1.54) is 14.8 Å². The fourth-order valence-corrected chi connectivity index (χ4v) is 4.45. The van der Waals surface area contributed by atoms with Gasteiger partial charge in [0.05, 0.1) is 19.9 Å². The highest BCUT2D eigenvalue weighted by atomic mass is 32.1. The molecule has 2 aromatic heterocycles. The maximum Gasteiger partial charge on any atom is 0.130 e. The number of nitrogens with zero attached hydrogens (tertiary/aromatic N) is 1. The van der Waals surface area contributed by atoms with Crippen LogP contribution in [0.2, 0.25) is 0 Å². The van der Waals surface area contributed by atoms with Crippen LogP contribution in [0.5, 0.6) is 5.75 Å². The molecule has 21 heavy (non-hydrogen) atoms. The van der Waals surface area contributed by atoms with Crippen LogP contribution < -0.4 is 10.1 Å². The van der Waals surface area contributed by atoms with Crippen LogP contribution in [-0.2, 0) is 0 Å². The number of aryl methyl sites for hydroxylation is 1. The maximum absolute atomic E-state index is 6.31. The Morgan fingerprint density at radius 3 is 3.05 bits per heavy atom. The van der Waals surface area contributed by atoms with Crippen molar-refractivity contribution in [3.63, 3.8) is 0 Å². The molecule has 0 saturated carbocycles. The number of hydrogen-bond donors (Lipinski definition) is 1. The molecule has 3 nitrogen and oxygen atoms in total. The molecule has 0 saturated heterocycles. The van der Waals surface area contributed by atoms with Gasteiger partial charge in [-0.2, -0.15) is 0 Å². The van der Waals surface area contributed by atoms with Crippen LogP contribution >= 0.6 is 22.7 Å². The van der Waals surface area contributed by atoms with E-state index in [0.29, 0.717) is 0 Å². The van der Waals surface area contributed by atoms with Crippen molar-refractivity contribution >= 4 is 43.0 Å². The minimum Gasteiger partial charge on any atom is -0.488 e. The minimum atomic E-state index is 0.217. The molecule has 0 amide bonds. The number of rotatable bonds is 6. The molecule has 3 aromatic rings. The second kappa shape index (κ2) is 6.30. The first-order valence-corrected chi connectivity index (χ1v) is 9.01. The van der Waals surface area contributed by atoms with E-state index in [1.807, 2.05) is 7.05 Å². The lowest BCUT2D eigenvalue weighted by atomic mass is 10.2. The Morgan fingerprint density at radius 1 is 1.43 bits per heavy atom. The lowest BCUT2D eigenvalue weighted by Gasteiger charge is -2.19. The van der Waals surface area contributed by atoms with E-state index in [1.54, 1.807) is 22.7 Å². The summed E-state index contributed by atoms with van der Waals surface area (Å²) in [4.78, 5) is 4.67. The molecule has 0 aliphatic rings. The van der Waals surface area contributed by atoms with Crippen LogP contribution in [-0.4, -0.2) is 24.7 Å². The predicted octanol–water partition coefficient (Wildman–Crippen LogP) is 4.59. The Labute approximate surface area is 133 Å². The number of benzene rings is 1. The van der Waals surface area contributed by atoms with Crippen LogP contribution in [0, 0.1) is 6.92 Å². The molecule has 1 unspecified atom stereocenters. The molecular weight excluding hydrogens is 300 g/mol. The van der Waals surface area contributed by atoms with Crippen molar-refractivity contribution in [2.24, 2.45) is 0 Å². The fourth-order valence-electron chi connectivity index (χ4n) is 2.62. The number of thiophene rings is 1. The van der Waals surface area contributed by atoms with Crippen molar-refractivity contribution in [2.75, 3.05) is 13.6 Å². The molecule has 1 N–H and O–H groups in total.